The summed E-state index contributed by atoms with van der Waals surface area (Å²) in [7, 11) is -2.38. The first-order chi connectivity index (χ1) is 9.27. The Bertz CT molecular complexity index is 552. The van der Waals surface area contributed by atoms with Crippen LogP contribution in [-0.4, -0.2) is 49.0 Å². The van der Waals surface area contributed by atoms with Crippen molar-refractivity contribution in [3.05, 3.63) is 12.4 Å². The molecular weight excluding hydrogens is 286 g/mol. The van der Waals surface area contributed by atoms with Crippen LogP contribution in [0, 0.1) is 5.92 Å². The molecule has 1 aromatic rings. The fraction of sp³-hybridized carbons (Fsp3) is 0.636. The van der Waals surface area contributed by atoms with E-state index in [1.807, 2.05) is 0 Å². The molecule has 0 saturated heterocycles. The second kappa shape index (κ2) is 6.82. The number of sulfonamides is 1. The van der Waals surface area contributed by atoms with Gasteiger partial charge >= 0.3 is 5.97 Å². The number of carboxylic acid groups (broad SMARTS) is 1. The van der Waals surface area contributed by atoms with E-state index >= 15 is 0 Å². The van der Waals surface area contributed by atoms with Gasteiger partial charge in [0.25, 0.3) is 0 Å². The molecule has 1 unspecified atom stereocenters. The number of methoxy groups -OCH3 is 1. The third kappa shape index (κ3) is 4.29. The maximum atomic E-state index is 12.1. The van der Waals surface area contributed by atoms with Crippen molar-refractivity contribution in [3.8, 4) is 0 Å². The van der Waals surface area contributed by atoms with Crippen LogP contribution < -0.4 is 4.72 Å². The van der Waals surface area contributed by atoms with Crippen molar-refractivity contribution < 1.29 is 23.1 Å². The number of carboxylic acids is 1. The number of rotatable bonds is 8. The first-order valence-corrected chi connectivity index (χ1v) is 7.52. The number of aliphatic carboxylic acids is 1. The number of nitrogens with zero attached hydrogens (tertiary/aromatic N) is 2. The standard InChI is InChI=1S/C11H19N3O5S/c1-8(2)10(11(15)16)13-20(17,18)9-6-12-14(7-9)4-5-19-3/h6-8,10,13H,4-5H2,1-3H3,(H,15,16). The topological polar surface area (TPSA) is 111 Å². The number of hydrogen-bond donors (Lipinski definition) is 2. The third-order valence-electron chi connectivity index (χ3n) is 2.66. The van der Waals surface area contributed by atoms with Gasteiger partial charge in [-0.05, 0) is 5.92 Å². The molecule has 2 N–H and O–H groups in total. The van der Waals surface area contributed by atoms with E-state index in [1.54, 1.807) is 13.8 Å². The lowest BCUT2D eigenvalue weighted by atomic mass is 10.1. The molecule has 0 amide bonds. The highest BCUT2D eigenvalue weighted by atomic mass is 32.2. The van der Waals surface area contributed by atoms with Crippen LogP contribution in [-0.2, 0) is 26.1 Å². The Labute approximate surface area is 117 Å². The van der Waals surface area contributed by atoms with Gasteiger partial charge in [0.2, 0.25) is 10.0 Å². The summed E-state index contributed by atoms with van der Waals surface area (Å²) in [4.78, 5) is 11.0. The normalized spacial score (nSPS) is 13.6. The molecule has 114 valence electrons. The van der Waals surface area contributed by atoms with Gasteiger partial charge in [0.1, 0.15) is 10.9 Å². The fourth-order valence-electron chi connectivity index (χ4n) is 1.50. The molecule has 9 heteroatoms. The van der Waals surface area contributed by atoms with Crippen molar-refractivity contribution in [2.75, 3.05) is 13.7 Å². The second-order valence-corrected chi connectivity index (χ2v) is 6.33. The van der Waals surface area contributed by atoms with Gasteiger partial charge in [0.15, 0.2) is 0 Å². The Kier molecular flexibility index (Phi) is 5.66. The van der Waals surface area contributed by atoms with E-state index in [4.69, 9.17) is 9.84 Å². The summed E-state index contributed by atoms with van der Waals surface area (Å²) in [6, 6.07) is -1.18. The molecule has 0 aromatic carbocycles. The van der Waals surface area contributed by atoms with Gasteiger partial charge in [0, 0.05) is 13.3 Å². The third-order valence-corrected chi connectivity index (χ3v) is 4.05. The van der Waals surface area contributed by atoms with Gasteiger partial charge in [-0.15, -0.1) is 0 Å². The zero-order valence-corrected chi connectivity index (χ0v) is 12.4. The molecule has 1 heterocycles. The van der Waals surface area contributed by atoms with Crippen molar-refractivity contribution in [2.45, 2.75) is 31.3 Å². The van der Waals surface area contributed by atoms with Crippen molar-refractivity contribution >= 4 is 16.0 Å². The molecule has 0 spiro atoms. The lowest BCUT2D eigenvalue weighted by Crippen LogP contribution is -2.44. The number of hydrogen-bond acceptors (Lipinski definition) is 5. The van der Waals surface area contributed by atoms with Gasteiger partial charge in [-0.25, -0.2) is 8.42 Å². The first kappa shape index (κ1) is 16.6. The van der Waals surface area contributed by atoms with E-state index in [1.165, 1.54) is 24.2 Å². The minimum Gasteiger partial charge on any atom is -0.480 e. The Morgan fingerprint density at radius 1 is 1.55 bits per heavy atom. The van der Waals surface area contributed by atoms with Gasteiger partial charge in [-0.3, -0.25) is 9.48 Å². The lowest BCUT2D eigenvalue weighted by Gasteiger charge is -2.17. The minimum atomic E-state index is -3.91. The van der Waals surface area contributed by atoms with E-state index in [-0.39, 0.29) is 10.8 Å². The van der Waals surface area contributed by atoms with Crippen molar-refractivity contribution in [1.82, 2.24) is 14.5 Å². The lowest BCUT2D eigenvalue weighted by molar-refractivity contribution is -0.140. The van der Waals surface area contributed by atoms with E-state index in [0.717, 1.165) is 0 Å². The van der Waals surface area contributed by atoms with Crippen LogP contribution >= 0.6 is 0 Å². The summed E-state index contributed by atoms with van der Waals surface area (Å²) >= 11 is 0. The predicted molar refractivity (Wildman–Crippen MR) is 70.7 cm³/mol. The molecule has 0 aliphatic heterocycles. The maximum Gasteiger partial charge on any atom is 0.322 e. The molecule has 0 saturated carbocycles. The van der Waals surface area contributed by atoms with Crippen LogP contribution in [0.15, 0.2) is 17.3 Å². The maximum absolute atomic E-state index is 12.1. The average Bonchev–Trinajstić information content (AvgIpc) is 2.82. The van der Waals surface area contributed by atoms with Crippen molar-refractivity contribution in [2.24, 2.45) is 5.92 Å². The minimum absolute atomic E-state index is 0.0690. The molecule has 20 heavy (non-hydrogen) atoms. The van der Waals surface area contributed by atoms with Crippen LogP contribution in [0.1, 0.15) is 13.8 Å². The number of carbonyl (C=O) groups is 1. The monoisotopic (exact) mass is 305 g/mol. The summed E-state index contributed by atoms with van der Waals surface area (Å²) in [5, 5.41) is 12.9. The van der Waals surface area contributed by atoms with Gasteiger partial charge in [-0.2, -0.15) is 9.82 Å². The Hall–Kier alpha value is -1.45. The zero-order chi connectivity index (χ0) is 15.3. The molecule has 1 atom stereocenters. The average molecular weight is 305 g/mol. The summed E-state index contributed by atoms with van der Waals surface area (Å²) in [5.41, 5.74) is 0. The van der Waals surface area contributed by atoms with Gasteiger partial charge in [-0.1, -0.05) is 13.8 Å². The summed E-state index contributed by atoms with van der Waals surface area (Å²) < 4.78 is 32.6. The van der Waals surface area contributed by atoms with Crippen molar-refractivity contribution in [1.29, 1.82) is 0 Å². The number of ether oxygens (including phenoxy) is 1. The van der Waals surface area contributed by atoms with Gasteiger partial charge < -0.3 is 9.84 Å². The molecule has 0 fully saturated rings. The van der Waals surface area contributed by atoms with Crippen LogP contribution in [0.2, 0.25) is 0 Å². The Balaban J connectivity index is 2.87. The Morgan fingerprint density at radius 2 is 2.20 bits per heavy atom. The summed E-state index contributed by atoms with van der Waals surface area (Å²) in [6.07, 6.45) is 2.51. The predicted octanol–water partition coefficient (Wildman–Crippen LogP) is -0.0830. The smallest absolute Gasteiger partial charge is 0.322 e. The highest BCUT2D eigenvalue weighted by molar-refractivity contribution is 7.89. The summed E-state index contributed by atoms with van der Waals surface area (Å²) in [5.74, 6) is -1.58. The van der Waals surface area contributed by atoms with Crippen LogP contribution in [0.4, 0.5) is 0 Å². The van der Waals surface area contributed by atoms with Crippen molar-refractivity contribution in [3.63, 3.8) is 0 Å². The fourth-order valence-corrected chi connectivity index (χ4v) is 2.79. The number of aromatic nitrogens is 2. The second-order valence-electron chi connectivity index (χ2n) is 4.61. The molecular formula is C11H19N3O5S. The van der Waals surface area contributed by atoms with E-state index in [2.05, 4.69) is 9.82 Å². The summed E-state index contributed by atoms with van der Waals surface area (Å²) in [6.45, 7) is 4.07. The highest BCUT2D eigenvalue weighted by Gasteiger charge is 2.28. The quantitative estimate of drug-likeness (QED) is 0.695. The molecule has 0 radical (unpaired) electrons. The molecule has 0 aliphatic carbocycles. The van der Waals surface area contributed by atoms with Crippen LogP contribution in [0.3, 0.4) is 0 Å². The molecule has 0 aliphatic rings. The molecule has 1 rings (SSSR count). The SMILES string of the molecule is COCCn1cc(S(=O)(=O)NC(C(=O)O)C(C)C)cn1. The molecule has 0 bridgehead atoms. The van der Waals surface area contributed by atoms with Gasteiger partial charge in [0.05, 0.1) is 19.3 Å². The van der Waals surface area contributed by atoms with Crippen LogP contribution in [0.25, 0.3) is 0 Å². The number of nitrogens with one attached hydrogen (secondary N) is 1. The first-order valence-electron chi connectivity index (χ1n) is 6.04. The molecule has 8 nitrogen and oxygen atoms in total. The van der Waals surface area contributed by atoms with Crippen LogP contribution in [0.5, 0.6) is 0 Å². The van der Waals surface area contributed by atoms with E-state index < -0.39 is 22.0 Å². The zero-order valence-electron chi connectivity index (χ0n) is 11.6. The highest BCUT2D eigenvalue weighted by Crippen LogP contribution is 2.11. The largest absolute Gasteiger partial charge is 0.480 e. The van der Waals surface area contributed by atoms with E-state index in [0.29, 0.717) is 13.2 Å². The Morgan fingerprint density at radius 3 is 2.70 bits per heavy atom. The van der Waals surface area contributed by atoms with E-state index in [9.17, 15) is 13.2 Å². The molecule has 1 aromatic heterocycles.